The number of aromatic amines is 2. The highest BCUT2D eigenvalue weighted by atomic mass is 16.5. The number of fused-ring (bicyclic) bond motifs is 1. The third-order valence-electron chi connectivity index (χ3n) is 2.47. The average Bonchev–Trinajstić information content (AvgIpc) is 2.77. The van der Waals surface area contributed by atoms with E-state index in [-0.39, 0.29) is 12.1 Å². The summed E-state index contributed by atoms with van der Waals surface area (Å²) in [6, 6.07) is 0. The Bertz CT molecular complexity index is 654. The molecule has 0 saturated carbocycles. The van der Waals surface area contributed by atoms with Crippen LogP contribution in [0.25, 0.3) is 11.2 Å². The Kier molecular flexibility index (Phi) is 3.58. The molecule has 0 radical (unpaired) electrons. The Morgan fingerprint density at radius 1 is 1.28 bits per heavy atom. The molecule has 0 atom stereocenters. The molecule has 2 heterocycles. The predicted octanol–water partition coefficient (Wildman–Crippen LogP) is -0.887. The summed E-state index contributed by atoms with van der Waals surface area (Å²) < 4.78 is 11.4. The second-order valence-electron chi connectivity index (χ2n) is 3.75. The van der Waals surface area contributed by atoms with E-state index in [0.29, 0.717) is 24.7 Å². The van der Waals surface area contributed by atoms with Crippen LogP contribution in [0, 0.1) is 0 Å². The van der Waals surface area contributed by atoms with Gasteiger partial charge < -0.3 is 14.5 Å². The second kappa shape index (κ2) is 5.15. The molecule has 2 rings (SSSR count). The molecular formula is C10H14N4O4. The zero-order valence-electron chi connectivity index (χ0n) is 10.1. The Hall–Kier alpha value is -1.93. The van der Waals surface area contributed by atoms with E-state index in [1.165, 1.54) is 11.6 Å². The summed E-state index contributed by atoms with van der Waals surface area (Å²) >= 11 is 0. The van der Waals surface area contributed by atoms with Crippen molar-refractivity contribution in [2.75, 3.05) is 20.3 Å². The van der Waals surface area contributed by atoms with Gasteiger partial charge >= 0.3 is 5.69 Å². The Labute approximate surface area is 102 Å². The van der Waals surface area contributed by atoms with Crippen molar-refractivity contribution in [2.24, 2.45) is 7.05 Å². The molecule has 0 spiro atoms. The minimum atomic E-state index is -0.495. The highest BCUT2D eigenvalue weighted by molar-refractivity contribution is 5.69. The molecule has 0 fully saturated rings. The molecule has 0 saturated heterocycles. The Morgan fingerprint density at radius 3 is 2.78 bits per heavy atom. The summed E-state index contributed by atoms with van der Waals surface area (Å²) in [5, 5.41) is 0. The molecule has 2 N–H and O–H groups in total. The lowest BCUT2D eigenvalue weighted by molar-refractivity contribution is 0.0590. The molecule has 0 unspecified atom stereocenters. The monoisotopic (exact) mass is 254 g/mol. The first-order chi connectivity index (χ1) is 8.63. The van der Waals surface area contributed by atoms with Crippen molar-refractivity contribution >= 4 is 11.2 Å². The topological polar surface area (TPSA) is 102 Å². The largest absolute Gasteiger partial charge is 0.382 e. The van der Waals surface area contributed by atoms with E-state index in [1.807, 2.05) is 0 Å². The van der Waals surface area contributed by atoms with Gasteiger partial charge in [0.15, 0.2) is 5.65 Å². The number of aromatic nitrogens is 4. The second-order valence-corrected chi connectivity index (χ2v) is 3.75. The fraction of sp³-hybridized carbons (Fsp3) is 0.500. The summed E-state index contributed by atoms with van der Waals surface area (Å²) in [5.74, 6) is 0.493. The fourth-order valence-corrected chi connectivity index (χ4v) is 1.53. The standard InChI is InChI=1S/C10H14N4O4/c1-14-8-7(9(15)13-10(14)16)11-6(12-8)5-18-4-3-17-2/h3-5H2,1-2H3,(H,11,12)(H,13,15,16). The average molecular weight is 254 g/mol. The highest BCUT2D eigenvalue weighted by Crippen LogP contribution is 2.04. The van der Waals surface area contributed by atoms with Crippen molar-refractivity contribution in [3.8, 4) is 0 Å². The number of hydrogen-bond donors (Lipinski definition) is 2. The zero-order chi connectivity index (χ0) is 13.1. The van der Waals surface area contributed by atoms with Gasteiger partial charge in [0, 0.05) is 14.2 Å². The molecule has 0 aromatic carbocycles. The normalized spacial score (nSPS) is 11.2. The van der Waals surface area contributed by atoms with Gasteiger partial charge in [-0.15, -0.1) is 0 Å². The number of methoxy groups -OCH3 is 1. The van der Waals surface area contributed by atoms with E-state index in [4.69, 9.17) is 9.47 Å². The SMILES string of the molecule is COCCOCc1nc2c([nH]1)c(=O)[nH]c(=O)n2C. The lowest BCUT2D eigenvalue weighted by Crippen LogP contribution is -2.28. The van der Waals surface area contributed by atoms with E-state index in [1.54, 1.807) is 7.11 Å². The predicted molar refractivity (Wildman–Crippen MR) is 63.5 cm³/mol. The first kappa shape index (κ1) is 12.5. The van der Waals surface area contributed by atoms with E-state index in [0.717, 1.165) is 0 Å². The van der Waals surface area contributed by atoms with Gasteiger partial charge in [0.1, 0.15) is 17.9 Å². The first-order valence-electron chi connectivity index (χ1n) is 5.38. The van der Waals surface area contributed by atoms with Crippen LogP contribution >= 0.6 is 0 Å². The third kappa shape index (κ3) is 2.34. The first-order valence-corrected chi connectivity index (χ1v) is 5.38. The number of nitrogens with one attached hydrogen (secondary N) is 2. The fourth-order valence-electron chi connectivity index (χ4n) is 1.53. The maximum atomic E-state index is 11.5. The molecule has 18 heavy (non-hydrogen) atoms. The van der Waals surface area contributed by atoms with E-state index in [9.17, 15) is 9.59 Å². The van der Waals surface area contributed by atoms with Gasteiger partial charge in [-0.25, -0.2) is 9.78 Å². The van der Waals surface area contributed by atoms with E-state index < -0.39 is 11.2 Å². The van der Waals surface area contributed by atoms with Gasteiger partial charge in [-0.1, -0.05) is 0 Å². The lowest BCUT2D eigenvalue weighted by Gasteiger charge is -1.99. The summed E-state index contributed by atoms with van der Waals surface area (Å²) in [5.41, 5.74) is -0.397. The quantitative estimate of drug-likeness (QED) is 0.674. The van der Waals surface area contributed by atoms with Crippen LogP contribution in [-0.2, 0) is 23.1 Å². The number of H-pyrrole nitrogens is 2. The summed E-state index contributed by atoms with van der Waals surface area (Å²) in [7, 11) is 3.12. The third-order valence-corrected chi connectivity index (χ3v) is 2.47. The Balaban J connectivity index is 2.27. The number of aryl methyl sites for hydroxylation is 1. The molecule has 0 amide bonds. The molecule has 0 aliphatic carbocycles. The van der Waals surface area contributed by atoms with Crippen molar-refractivity contribution < 1.29 is 9.47 Å². The lowest BCUT2D eigenvalue weighted by atomic mass is 10.5. The van der Waals surface area contributed by atoms with Gasteiger partial charge in [0.05, 0.1) is 13.2 Å². The van der Waals surface area contributed by atoms with E-state index in [2.05, 4.69) is 15.0 Å². The van der Waals surface area contributed by atoms with Crippen LogP contribution in [0.2, 0.25) is 0 Å². The van der Waals surface area contributed by atoms with Crippen LogP contribution in [0.15, 0.2) is 9.59 Å². The van der Waals surface area contributed by atoms with Gasteiger partial charge in [-0.05, 0) is 0 Å². The smallest absolute Gasteiger partial charge is 0.329 e. The summed E-state index contributed by atoms with van der Waals surface area (Å²) in [6.45, 7) is 1.15. The van der Waals surface area contributed by atoms with Crippen molar-refractivity contribution in [2.45, 2.75) is 6.61 Å². The van der Waals surface area contributed by atoms with Crippen molar-refractivity contribution in [1.29, 1.82) is 0 Å². The number of rotatable bonds is 5. The van der Waals surface area contributed by atoms with Gasteiger partial charge in [0.2, 0.25) is 0 Å². The van der Waals surface area contributed by atoms with E-state index >= 15 is 0 Å². The molecule has 8 nitrogen and oxygen atoms in total. The molecule has 0 aliphatic rings. The molecular weight excluding hydrogens is 240 g/mol. The molecule has 2 aromatic heterocycles. The number of imidazole rings is 1. The molecule has 0 aliphatic heterocycles. The number of nitrogens with zero attached hydrogens (tertiary/aromatic N) is 2. The van der Waals surface area contributed by atoms with Crippen molar-refractivity contribution in [1.82, 2.24) is 19.5 Å². The summed E-state index contributed by atoms with van der Waals surface area (Å²) in [4.78, 5) is 32.1. The minimum absolute atomic E-state index is 0.228. The van der Waals surface area contributed by atoms with Crippen LogP contribution in [0.5, 0.6) is 0 Å². The van der Waals surface area contributed by atoms with Crippen LogP contribution in [0.4, 0.5) is 0 Å². The van der Waals surface area contributed by atoms with Crippen LogP contribution < -0.4 is 11.2 Å². The highest BCUT2D eigenvalue weighted by Gasteiger charge is 2.10. The van der Waals surface area contributed by atoms with Crippen molar-refractivity contribution in [3.05, 3.63) is 26.7 Å². The molecule has 0 bridgehead atoms. The van der Waals surface area contributed by atoms with Gasteiger partial charge in [-0.3, -0.25) is 14.3 Å². The minimum Gasteiger partial charge on any atom is -0.382 e. The zero-order valence-corrected chi connectivity index (χ0v) is 10.1. The van der Waals surface area contributed by atoms with Gasteiger partial charge in [0.25, 0.3) is 5.56 Å². The molecule has 98 valence electrons. The maximum Gasteiger partial charge on any atom is 0.329 e. The van der Waals surface area contributed by atoms with Crippen molar-refractivity contribution in [3.63, 3.8) is 0 Å². The molecule has 8 heteroatoms. The van der Waals surface area contributed by atoms with Crippen LogP contribution in [0.1, 0.15) is 5.82 Å². The Morgan fingerprint density at radius 2 is 2.06 bits per heavy atom. The summed E-state index contributed by atoms with van der Waals surface area (Å²) in [6.07, 6.45) is 0. The van der Waals surface area contributed by atoms with Gasteiger partial charge in [-0.2, -0.15) is 0 Å². The number of hydrogen-bond acceptors (Lipinski definition) is 5. The van der Waals surface area contributed by atoms with Crippen LogP contribution in [0.3, 0.4) is 0 Å². The van der Waals surface area contributed by atoms with Crippen LogP contribution in [-0.4, -0.2) is 39.8 Å². The maximum absolute atomic E-state index is 11.5. The molecule has 2 aromatic rings. The number of ether oxygens (including phenoxy) is 2.